The number of ether oxygens (including phenoxy) is 1. The van der Waals surface area contributed by atoms with Crippen LogP contribution in [0, 0.1) is 11.7 Å². The fourth-order valence-corrected chi connectivity index (χ4v) is 5.20. The molecule has 33 heavy (non-hydrogen) atoms. The van der Waals surface area contributed by atoms with Gasteiger partial charge in [-0.1, -0.05) is 23.7 Å². The number of hydrogen-bond acceptors (Lipinski definition) is 6. The lowest BCUT2D eigenvalue weighted by Gasteiger charge is -2.59. The van der Waals surface area contributed by atoms with Crippen LogP contribution in [0.5, 0.6) is 0 Å². The van der Waals surface area contributed by atoms with E-state index >= 15 is 0 Å². The minimum Gasteiger partial charge on any atom is -0.507 e. The number of amides is 2. The van der Waals surface area contributed by atoms with Gasteiger partial charge in [0.1, 0.15) is 17.6 Å². The second-order valence-corrected chi connectivity index (χ2v) is 9.17. The number of nitrogens with one attached hydrogen (secondary N) is 1. The SMILES string of the molecule is CCN1C[C@]2(C[C@@H](COC)C2)N2C=C(C(=O)NCc3cccc(Cl)c3F)C(O)C(O)=C2C1=O. The summed E-state index contributed by atoms with van der Waals surface area (Å²) in [4.78, 5) is 29.2. The smallest absolute Gasteiger partial charge is 0.274 e. The molecule has 0 aromatic heterocycles. The van der Waals surface area contributed by atoms with Crippen LogP contribution in [-0.2, 0) is 20.9 Å². The van der Waals surface area contributed by atoms with Gasteiger partial charge < -0.3 is 30.1 Å². The number of carbonyl (C=O) groups excluding carboxylic acids is 2. The fourth-order valence-electron chi connectivity index (χ4n) is 5.01. The molecule has 1 unspecified atom stereocenters. The van der Waals surface area contributed by atoms with Crippen molar-refractivity contribution in [3.8, 4) is 0 Å². The van der Waals surface area contributed by atoms with Crippen LogP contribution in [0.25, 0.3) is 0 Å². The zero-order valence-corrected chi connectivity index (χ0v) is 19.2. The number of aliphatic hydroxyl groups is 2. The first kappa shape index (κ1) is 23.5. The highest BCUT2D eigenvalue weighted by atomic mass is 35.5. The van der Waals surface area contributed by atoms with E-state index in [1.165, 1.54) is 18.3 Å². The van der Waals surface area contributed by atoms with Gasteiger partial charge in [-0.25, -0.2) is 4.39 Å². The number of piperazine rings is 1. The minimum atomic E-state index is -1.67. The molecular weight excluding hydrogens is 453 g/mol. The molecular formula is C23H27ClFN3O5. The summed E-state index contributed by atoms with van der Waals surface area (Å²) in [6.07, 6.45) is 1.18. The van der Waals surface area contributed by atoms with Crippen LogP contribution in [0.4, 0.5) is 4.39 Å². The molecule has 2 amide bonds. The van der Waals surface area contributed by atoms with Crippen molar-refractivity contribution in [1.82, 2.24) is 15.1 Å². The largest absolute Gasteiger partial charge is 0.507 e. The Kier molecular flexibility index (Phi) is 6.39. The Bertz CT molecular complexity index is 1040. The first-order chi connectivity index (χ1) is 15.7. The van der Waals surface area contributed by atoms with E-state index in [0.29, 0.717) is 32.5 Å². The van der Waals surface area contributed by atoms with E-state index in [2.05, 4.69) is 5.32 Å². The third kappa shape index (κ3) is 3.98. The van der Waals surface area contributed by atoms with E-state index in [9.17, 15) is 24.2 Å². The van der Waals surface area contributed by atoms with Crippen LogP contribution in [0.1, 0.15) is 25.3 Å². The van der Waals surface area contributed by atoms with Gasteiger partial charge >= 0.3 is 0 Å². The molecule has 1 aromatic carbocycles. The van der Waals surface area contributed by atoms with E-state index in [4.69, 9.17) is 16.3 Å². The van der Waals surface area contributed by atoms with Gasteiger partial charge in [-0.15, -0.1) is 0 Å². The lowest BCUT2D eigenvalue weighted by Crippen LogP contribution is -2.68. The molecule has 1 aliphatic carbocycles. The fraction of sp³-hybridized carbons (Fsp3) is 0.478. The highest BCUT2D eigenvalue weighted by Crippen LogP contribution is 2.49. The summed E-state index contributed by atoms with van der Waals surface area (Å²) in [7, 11) is 1.63. The highest BCUT2D eigenvalue weighted by molar-refractivity contribution is 6.30. The molecule has 3 N–H and O–H groups in total. The Morgan fingerprint density at radius 2 is 2.12 bits per heavy atom. The van der Waals surface area contributed by atoms with Gasteiger partial charge in [0, 0.05) is 45.1 Å². The Hall–Kier alpha value is -2.62. The number of methoxy groups -OCH3 is 1. The summed E-state index contributed by atoms with van der Waals surface area (Å²) >= 11 is 5.79. The number of halogens is 2. The van der Waals surface area contributed by atoms with Crippen molar-refractivity contribution in [2.45, 2.75) is 38.0 Å². The normalized spacial score (nSPS) is 26.8. The van der Waals surface area contributed by atoms with Gasteiger partial charge in [0.2, 0.25) is 0 Å². The number of fused-ring (bicyclic) bond motifs is 2. The molecule has 0 bridgehead atoms. The van der Waals surface area contributed by atoms with E-state index in [1.807, 2.05) is 6.92 Å². The number of rotatable bonds is 6. The van der Waals surface area contributed by atoms with Crippen LogP contribution in [0.2, 0.25) is 5.02 Å². The number of benzene rings is 1. The van der Waals surface area contributed by atoms with Crippen molar-refractivity contribution in [3.63, 3.8) is 0 Å². The predicted molar refractivity (Wildman–Crippen MR) is 118 cm³/mol. The lowest BCUT2D eigenvalue weighted by molar-refractivity contribution is -0.143. The van der Waals surface area contributed by atoms with Crippen molar-refractivity contribution < 1.29 is 28.9 Å². The Balaban J connectivity index is 1.61. The van der Waals surface area contributed by atoms with Crippen LogP contribution >= 0.6 is 11.6 Å². The standard InChI is InChI=1S/C23H27ClFN3O5/c1-3-27-12-23(7-13(8-23)11-33-2)28-10-15(19(29)20(30)18(28)22(27)32)21(31)26-9-14-5-4-6-16(24)17(14)25/h4-6,10,13,19,29-30H,3,7-9,11-12H2,1-2H3,(H,26,31)/t13-,19?,23-. The molecule has 1 atom stereocenters. The molecule has 4 rings (SSSR count). The number of likely N-dealkylation sites (N-methyl/N-ethyl adjacent to an activating group) is 1. The molecule has 2 heterocycles. The number of nitrogens with zero attached hydrogens (tertiary/aromatic N) is 2. The average molecular weight is 480 g/mol. The van der Waals surface area contributed by atoms with E-state index in [-0.39, 0.29) is 34.3 Å². The van der Waals surface area contributed by atoms with Crippen molar-refractivity contribution in [1.29, 1.82) is 0 Å². The van der Waals surface area contributed by atoms with Crippen molar-refractivity contribution in [3.05, 3.63) is 57.8 Å². The van der Waals surface area contributed by atoms with Gasteiger partial charge in [-0.3, -0.25) is 9.59 Å². The summed E-state index contributed by atoms with van der Waals surface area (Å²) in [6.45, 7) is 3.17. The Labute approximate surface area is 196 Å². The zero-order chi connectivity index (χ0) is 23.9. The van der Waals surface area contributed by atoms with Gasteiger partial charge in [-0.2, -0.15) is 0 Å². The van der Waals surface area contributed by atoms with Crippen molar-refractivity contribution in [2.24, 2.45) is 5.92 Å². The first-order valence-electron chi connectivity index (χ1n) is 10.8. The lowest BCUT2D eigenvalue weighted by atomic mass is 9.65. The van der Waals surface area contributed by atoms with Crippen LogP contribution in [-0.4, -0.2) is 70.3 Å². The molecule has 8 nitrogen and oxygen atoms in total. The first-order valence-corrected chi connectivity index (χ1v) is 11.2. The third-order valence-electron chi connectivity index (χ3n) is 6.65. The number of hydrogen-bond donors (Lipinski definition) is 3. The maximum atomic E-state index is 14.2. The van der Waals surface area contributed by atoms with Gasteiger partial charge in [0.25, 0.3) is 11.8 Å². The summed E-state index contributed by atoms with van der Waals surface area (Å²) in [6, 6.07) is 4.46. The number of carbonyl (C=O) groups is 2. The highest BCUT2D eigenvalue weighted by Gasteiger charge is 2.56. The summed E-state index contributed by atoms with van der Waals surface area (Å²) in [5.74, 6) is -1.99. The average Bonchev–Trinajstić information content (AvgIpc) is 2.77. The maximum absolute atomic E-state index is 14.2. The van der Waals surface area contributed by atoms with E-state index < -0.39 is 35.0 Å². The second kappa shape index (κ2) is 8.96. The monoisotopic (exact) mass is 479 g/mol. The third-order valence-corrected chi connectivity index (χ3v) is 6.94. The molecule has 2 fully saturated rings. The van der Waals surface area contributed by atoms with Crippen molar-refractivity contribution >= 4 is 23.4 Å². The molecule has 10 heteroatoms. The Morgan fingerprint density at radius 3 is 2.79 bits per heavy atom. The second-order valence-electron chi connectivity index (χ2n) is 8.76. The molecule has 3 aliphatic rings. The molecule has 1 spiro atoms. The van der Waals surface area contributed by atoms with Crippen molar-refractivity contribution in [2.75, 3.05) is 26.8 Å². The zero-order valence-electron chi connectivity index (χ0n) is 18.5. The maximum Gasteiger partial charge on any atom is 0.274 e. The topological polar surface area (TPSA) is 102 Å². The molecule has 0 radical (unpaired) electrons. The molecule has 1 aromatic rings. The Morgan fingerprint density at radius 1 is 1.39 bits per heavy atom. The summed E-state index contributed by atoms with van der Waals surface area (Å²) in [5.41, 5.74) is -0.442. The van der Waals surface area contributed by atoms with Crippen LogP contribution in [0.15, 0.2) is 41.4 Å². The van der Waals surface area contributed by atoms with Crippen LogP contribution < -0.4 is 5.32 Å². The predicted octanol–water partition coefficient (Wildman–Crippen LogP) is 2.08. The quantitative estimate of drug-likeness (QED) is 0.577. The molecule has 1 saturated carbocycles. The van der Waals surface area contributed by atoms with Gasteiger partial charge in [-0.05, 0) is 31.7 Å². The summed E-state index contributed by atoms with van der Waals surface area (Å²) < 4.78 is 19.4. The molecule has 1 saturated heterocycles. The number of aliphatic hydroxyl groups excluding tert-OH is 2. The van der Waals surface area contributed by atoms with E-state index in [1.54, 1.807) is 23.0 Å². The minimum absolute atomic E-state index is 0.0103. The molecule has 178 valence electrons. The van der Waals surface area contributed by atoms with E-state index in [0.717, 1.165) is 0 Å². The van der Waals surface area contributed by atoms with Crippen LogP contribution in [0.3, 0.4) is 0 Å². The van der Waals surface area contributed by atoms with Gasteiger partial charge in [0.15, 0.2) is 5.76 Å². The summed E-state index contributed by atoms with van der Waals surface area (Å²) in [5, 5.41) is 24.0. The molecule has 2 aliphatic heterocycles. The van der Waals surface area contributed by atoms with Gasteiger partial charge in [0.05, 0.1) is 16.1 Å².